The number of para-hydroxylation sites is 1. The number of hydrogen-bond acceptors (Lipinski definition) is 4. The number of amides is 2. The van der Waals surface area contributed by atoms with Crippen molar-refractivity contribution in [2.24, 2.45) is 0 Å². The van der Waals surface area contributed by atoms with Crippen molar-refractivity contribution in [2.45, 2.75) is 0 Å². The van der Waals surface area contributed by atoms with E-state index in [-0.39, 0.29) is 11.6 Å². The van der Waals surface area contributed by atoms with Crippen molar-refractivity contribution < 1.29 is 14.3 Å². The molecule has 6 nitrogen and oxygen atoms in total. The first-order valence-corrected chi connectivity index (χ1v) is 8.07. The molecule has 0 bridgehead atoms. The fourth-order valence-electron chi connectivity index (χ4n) is 2.64. The molecule has 3 aromatic rings. The first-order chi connectivity index (χ1) is 12.5. The van der Waals surface area contributed by atoms with E-state index in [1.54, 1.807) is 44.4 Å². The molecule has 2 aromatic carbocycles. The third-order valence-electron chi connectivity index (χ3n) is 3.94. The number of anilines is 1. The lowest BCUT2D eigenvalue weighted by molar-refractivity contribution is 0.0828. The predicted octanol–water partition coefficient (Wildman–Crippen LogP) is 3.20. The van der Waals surface area contributed by atoms with Crippen molar-refractivity contribution in [3.05, 3.63) is 65.9 Å². The summed E-state index contributed by atoms with van der Waals surface area (Å²) in [5, 5.41) is 4.45. The van der Waals surface area contributed by atoms with Gasteiger partial charge in [-0.3, -0.25) is 9.59 Å². The van der Waals surface area contributed by atoms with Crippen LogP contribution >= 0.6 is 0 Å². The fraction of sp³-hybridized carbons (Fsp3) is 0.150. The molecule has 0 fully saturated rings. The van der Waals surface area contributed by atoms with Crippen LogP contribution in [0.25, 0.3) is 10.8 Å². The standard InChI is InChI=1S/C20H19N3O3/c1-23(2)20(25)15-10-6-7-11-16(15)21-18(24)17-12-13-8-4-5-9-14(13)19(22-17)26-3/h4-12H,1-3H3,(H,21,24). The van der Waals surface area contributed by atoms with Gasteiger partial charge in [0.15, 0.2) is 0 Å². The van der Waals surface area contributed by atoms with Gasteiger partial charge in [-0.15, -0.1) is 0 Å². The van der Waals surface area contributed by atoms with Crippen LogP contribution in [0.1, 0.15) is 20.8 Å². The van der Waals surface area contributed by atoms with Gasteiger partial charge in [-0.05, 0) is 29.7 Å². The maximum absolute atomic E-state index is 12.7. The van der Waals surface area contributed by atoms with Gasteiger partial charge in [-0.25, -0.2) is 4.98 Å². The van der Waals surface area contributed by atoms with Gasteiger partial charge < -0.3 is 15.0 Å². The largest absolute Gasteiger partial charge is 0.481 e. The minimum Gasteiger partial charge on any atom is -0.481 e. The van der Waals surface area contributed by atoms with Gasteiger partial charge in [0.1, 0.15) is 5.69 Å². The lowest BCUT2D eigenvalue weighted by atomic mass is 10.1. The maximum atomic E-state index is 12.7. The van der Waals surface area contributed by atoms with Crippen molar-refractivity contribution in [2.75, 3.05) is 26.5 Å². The Bertz CT molecular complexity index is 983. The lowest BCUT2D eigenvalue weighted by Gasteiger charge is -2.15. The van der Waals surface area contributed by atoms with Crippen molar-refractivity contribution in [1.82, 2.24) is 9.88 Å². The van der Waals surface area contributed by atoms with Crippen molar-refractivity contribution >= 4 is 28.3 Å². The van der Waals surface area contributed by atoms with E-state index in [1.807, 2.05) is 24.3 Å². The zero-order valence-corrected chi connectivity index (χ0v) is 14.8. The number of fused-ring (bicyclic) bond motifs is 1. The fourth-order valence-corrected chi connectivity index (χ4v) is 2.64. The van der Waals surface area contributed by atoms with Crippen LogP contribution in [-0.4, -0.2) is 42.9 Å². The molecule has 132 valence electrons. The van der Waals surface area contributed by atoms with E-state index in [4.69, 9.17) is 4.74 Å². The molecule has 0 spiro atoms. The lowest BCUT2D eigenvalue weighted by Crippen LogP contribution is -2.24. The molecule has 1 heterocycles. The first kappa shape index (κ1) is 17.4. The molecular formula is C20H19N3O3. The second-order valence-corrected chi connectivity index (χ2v) is 5.94. The smallest absolute Gasteiger partial charge is 0.274 e. The van der Waals surface area contributed by atoms with E-state index in [2.05, 4.69) is 10.3 Å². The normalized spacial score (nSPS) is 10.4. The highest BCUT2D eigenvalue weighted by atomic mass is 16.5. The molecule has 26 heavy (non-hydrogen) atoms. The van der Waals surface area contributed by atoms with Gasteiger partial charge in [0.25, 0.3) is 11.8 Å². The molecule has 1 N–H and O–H groups in total. The number of methoxy groups -OCH3 is 1. The van der Waals surface area contributed by atoms with Crippen LogP contribution in [-0.2, 0) is 0 Å². The quantitative estimate of drug-likeness (QED) is 0.785. The number of hydrogen-bond donors (Lipinski definition) is 1. The Hall–Kier alpha value is -3.41. The molecule has 0 atom stereocenters. The summed E-state index contributed by atoms with van der Waals surface area (Å²) in [6.45, 7) is 0. The van der Waals surface area contributed by atoms with Gasteiger partial charge in [0, 0.05) is 19.5 Å². The van der Waals surface area contributed by atoms with Gasteiger partial charge in [-0.2, -0.15) is 0 Å². The molecule has 0 saturated carbocycles. The van der Waals surface area contributed by atoms with Gasteiger partial charge >= 0.3 is 0 Å². The first-order valence-electron chi connectivity index (χ1n) is 8.07. The summed E-state index contributed by atoms with van der Waals surface area (Å²) in [7, 11) is 4.84. The topological polar surface area (TPSA) is 71.5 Å². The second-order valence-electron chi connectivity index (χ2n) is 5.94. The number of nitrogens with one attached hydrogen (secondary N) is 1. The number of rotatable bonds is 4. The second kappa shape index (κ2) is 7.23. The Morgan fingerprint density at radius 3 is 2.46 bits per heavy atom. The molecule has 0 aliphatic heterocycles. The number of aromatic nitrogens is 1. The Kier molecular flexibility index (Phi) is 4.84. The molecule has 0 aliphatic carbocycles. The van der Waals surface area contributed by atoms with E-state index < -0.39 is 5.91 Å². The van der Waals surface area contributed by atoms with Crippen LogP contribution in [0.4, 0.5) is 5.69 Å². The molecule has 0 radical (unpaired) electrons. The molecule has 0 saturated heterocycles. The highest BCUT2D eigenvalue weighted by molar-refractivity contribution is 6.09. The maximum Gasteiger partial charge on any atom is 0.274 e. The summed E-state index contributed by atoms with van der Waals surface area (Å²) < 4.78 is 5.31. The Labute approximate surface area is 151 Å². The minimum atomic E-state index is -0.409. The molecule has 0 unspecified atom stereocenters. The highest BCUT2D eigenvalue weighted by Gasteiger charge is 2.17. The highest BCUT2D eigenvalue weighted by Crippen LogP contribution is 2.25. The zero-order chi connectivity index (χ0) is 18.7. The molecule has 6 heteroatoms. The van der Waals surface area contributed by atoms with Crippen LogP contribution in [0.2, 0.25) is 0 Å². The molecule has 0 aliphatic rings. The van der Waals surface area contributed by atoms with E-state index in [9.17, 15) is 9.59 Å². The van der Waals surface area contributed by atoms with Crippen LogP contribution in [0.3, 0.4) is 0 Å². The van der Waals surface area contributed by atoms with Gasteiger partial charge in [0.05, 0.1) is 18.4 Å². The molecule has 3 rings (SSSR count). The molecular weight excluding hydrogens is 330 g/mol. The van der Waals surface area contributed by atoms with E-state index >= 15 is 0 Å². The van der Waals surface area contributed by atoms with E-state index in [0.29, 0.717) is 17.1 Å². The Morgan fingerprint density at radius 1 is 1.04 bits per heavy atom. The SMILES string of the molecule is COc1nc(C(=O)Nc2ccccc2C(=O)N(C)C)cc2ccccc12. The Morgan fingerprint density at radius 2 is 1.73 bits per heavy atom. The predicted molar refractivity (Wildman–Crippen MR) is 101 cm³/mol. The van der Waals surface area contributed by atoms with Crippen molar-refractivity contribution in [3.63, 3.8) is 0 Å². The van der Waals surface area contributed by atoms with E-state index in [0.717, 1.165) is 10.8 Å². The van der Waals surface area contributed by atoms with Crippen LogP contribution in [0.15, 0.2) is 54.6 Å². The summed E-state index contributed by atoms with van der Waals surface area (Å²) >= 11 is 0. The Balaban J connectivity index is 1.97. The third-order valence-corrected chi connectivity index (χ3v) is 3.94. The van der Waals surface area contributed by atoms with Gasteiger partial charge in [-0.1, -0.05) is 30.3 Å². The van der Waals surface area contributed by atoms with Crippen molar-refractivity contribution in [3.8, 4) is 5.88 Å². The van der Waals surface area contributed by atoms with E-state index in [1.165, 1.54) is 12.0 Å². The zero-order valence-electron chi connectivity index (χ0n) is 14.8. The summed E-state index contributed by atoms with van der Waals surface area (Å²) in [6, 6.07) is 16.1. The minimum absolute atomic E-state index is 0.190. The van der Waals surface area contributed by atoms with Crippen molar-refractivity contribution in [1.29, 1.82) is 0 Å². The number of pyridine rings is 1. The summed E-state index contributed by atoms with van der Waals surface area (Å²) in [5.74, 6) is -0.219. The van der Waals surface area contributed by atoms with Crippen LogP contribution in [0.5, 0.6) is 5.88 Å². The number of nitrogens with zero attached hydrogens (tertiary/aromatic N) is 2. The number of carbonyl (C=O) groups is 2. The average molecular weight is 349 g/mol. The molecule has 2 amide bonds. The number of ether oxygens (including phenoxy) is 1. The average Bonchev–Trinajstić information content (AvgIpc) is 2.66. The summed E-state index contributed by atoms with van der Waals surface area (Å²) in [6.07, 6.45) is 0. The number of benzene rings is 2. The summed E-state index contributed by atoms with van der Waals surface area (Å²) in [4.78, 5) is 30.8. The summed E-state index contributed by atoms with van der Waals surface area (Å²) in [5.41, 5.74) is 1.07. The van der Waals surface area contributed by atoms with Crippen LogP contribution in [0, 0.1) is 0 Å². The van der Waals surface area contributed by atoms with Gasteiger partial charge in [0.2, 0.25) is 5.88 Å². The number of carbonyl (C=O) groups excluding carboxylic acids is 2. The molecule has 1 aromatic heterocycles. The van der Waals surface area contributed by atoms with Crippen LogP contribution < -0.4 is 10.1 Å². The third kappa shape index (κ3) is 3.35. The monoisotopic (exact) mass is 349 g/mol.